The number of rotatable bonds is 8. The summed E-state index contributed by atoms with van der Waals surface area (Å²) in [4.78, 5) is 18.9. The van der Waals surface area contributed by atoms with Gasteiger partial charge in [-0.05, 0) is 78.5 Å². The smallest absolute Gasteiger partial charge is 0.252 e. The number of aromatic amines is 1. The number of H-pyrrole nitrogens is 1. The van der Waals surface area contributed by atoms with Crippen molar-refractivity contribution in [1.29, 1.82) is 0 Å². The van der Waals surface area contributed by atoms with Crippen LogP contribution in [0.3, 0.4) is 0 Å². The molecule has 3 heterocycles. The summed E-state index contributed by atoms with van der Waals surface area (Å²) in [5.41, 5.74) is 3.98. The first kappa shape index (κ1) is 25.1. The number of pyridine rings is 1. The third-order valence-electron chi connectivity index (χ3n) is 8.19. The Balaban J connectivity index is 1.52. The first-order valence-corrected chi connectivity index (χ1v) is 13.7. The summed E-state index contributed by atoms with van der Waals surface area (Å²) in [6, 6.07) is 6.63. The molecule has 0 amide bonds. The maximum absolute atomic E-state index is 13.3. The van der Waals surface area contributed by atoms with E-state index in [-0.39, 0.29) is 23.6 Å². The molecule has 1 aromatic carbocycles. The van der Waals surface area contributed by atoms with Crippen molar-refractivity contribution in [1.82, 2.24) is 30.1 Å². The van der Waals surface area contributed by atoms with E-state index in [1.807, 2.05) is 0 Å². The summed E-state index contributed by atoms with van der Waals surface area (Å²) in [7, 11) is 0. The average molecular weight is 493 g/mol. The second-order valence-corrected chi connectivity index (χ2v) is 11.1. The van der Waals surface area contributed by atoms with Gasteiger partial charge in [0, 0.05) is 25.3 Å². The first-order valence-electron chi connectivity index (χ1n) is 13.7. The summed E-state index contributed by atoms with van der Waals surface area (Å²) in [5, 5.41) is 14.3. The zero-order valence-corrected chi connectivity index (χ0v) is 22.2. The Hall–Kier alpha value is -2.58. The van der Waals surface area contributed by atoms with Crippen LogP contribution in [0.5, 0.6) is 0 Å². The number of tetrazole rings is 1. The van der Waals surface area contributed by atoms with Crippen LogP contribution in [-0.4, -0.2) is 49.3 Å². The molecular formula is C28H40N6O2. The van der Waals surface area contributed by atoms with E-state index in [9.17, 15) is 4.79 Å². The second kappa shape index (κ2) is 10.8. The first-order chi connectivity index (χ1) is 17.4. The fourth-order valence-electron chi connectivity index (χ4n) is 6.10. The maximum Gasteiger partial charge on any atom is 0.252 e. The van der Waals surface area contributed by atoms with Gasteiger partial charge in [0.05, 0.1) is 23.7 Å². The molecule has 8 nitrogen and oxygen atoms in total. The van der Waals surface area contributed by atoms with Crippen LogP contribution in [0.2, 0.25) is 0 Å². The highest BCUT2D eigenvalue weighted by Gasteiger charge is 2.34. The van der Waals surface area contributed by atoms with Crippen LogP contribution in [0.1, 0.15) is 93.4 Å². The Kier molecular flexibility index (Phi) is 7.53. The van der Waals surface area contributed by atoms with Crippen molar-refractivity contribution in [3.8, 4) is 0 Å². The van der Waals surface area contributed by atoms with Gasteiger partial charge < -0.3 is 9.72 Å². The van der Waals surface area contributed by atoms with E-state index < -0.39 is 0 Å². The zero-order chi connectivity index (χ0) is 25.2. The Morgan fingerprint density at radius 3 is 2.67 bits per heavy atom. The van der Waals surface area contributed by atoms with Crippen molar-refractivity contribution >= 4 is 10.9 Å². The maximum atomic E-state index is 13.3. The molecule has 194 valence electrons. The molecule has 0 bridgehead atoms. The SMILES string of the molecule is Cc1ccc2cc(CN(C[C@H]3CCCO3)[C@H](c3nnnn3C3CCCCC3)C(C)C)c(=O)[nH]c2c1C. The predicted molar refractivity (Wildman–Crippen MR) is 141 cm³/mol. The molecule has 2 aromatic heterocycles. The third-order valence-corrected chi connectivity index (χ3v) is 8.19. The van der Waals surface area contributed by atoms with E-state index in [1.165, 1.54) is 24.8 Å². The minimum Gasteiger partial charge on any atom is -0.377 e. The van der Waals surface area contributed by atoms with Gasteiger partial charge in [0.25, 0.3) is 5.56 Å². The minimum absolute atomic E-state index is 0.0130. The van der Waals surface area contributed by atoms with Crippen molar-refractivity contribution < 1.29 is 4.74 Å². The topological polar surface area (TPSA) is 88.9 Å². The van der Waals surface area contributed by atoms with E-state index >= 15 is 0 Å². The van der Waals surface area contributed by atoms with Gasteiger partial charge in [-0.25, -0.2) is 4.68 Å². The highest BCUT2D eigenvalue weighted by molar-refractivity contribution is 5.83. The molecular weight excluding hydrogens is 452 g/mol. The van der Waals surface area contributed by atoms with Crippen molar-refractivity contribution in [2.45, 2.75) is 97.4 Å². The lowest BCUT2D eigenvalue weighted by molar-refractivity contribution is 0.0375. The Labute approximate surface area is 213 Å². The Bertz CT molecular complexity index is 1240. The van der Waals surface area contributed by atoms with E-state index in [2.05, 4.69) is 76.0 Å². The summed E-state index contributed by atoms with van der Waals surface area (Å²) >= 11 is 0. The molecule has 0 unspecified atom stereocenters. The van der Waals surface area contributed by atoms with Gasteiger partial charge in [0.1, 0.15) is 0 Å². The molecule has 2 fully saturated rings. The Morgan fingerprint density at radius 1 is 1.14 bits per heavy atom. The van der Waals surface area contributed by atoms with Crippen LogP contribution in [-0.2, 0) is 11.3 Å². The van der Waals surface area contributed by atoms with Crippen LogP contribution in [0.15, 0.2) is 23.0 Å². The summed E-state index contributed by atoms with van der Waals surface area (Å²) in [6.07, 6.45) is 8.27. The Morgan fingerprint density at radius 2 is 1.94 bits per heavy atom. The van der Waals surface area contributed by atoms with Crippen molar-refractivity contribution in [2.24, 2.45) is 5.92 Å². The van der Waals surface area contributed by atoms with E-state index in [0.29, 0.717) is 12.6 Å². The minimum atomic E-state index is -0.0251. The number of ether oxygens (including phenoxy) is 1. The van der Waals surface area contributed by atoms with E-state index in [0.717, 1.165) is 66.7 Å². The van der Waals surface area contributed by atoms with E-state index in [1.54, 1.807) is 0 Å². The van der Waals surface area contributed by atoms with Crippen LogP contribution >= 0.6 is 0 Å². The average Bonchev–Trinajstić information content (AvgIpc) is 3.56. The summed E-state index contributed by atoms with van der Waals surface area (Å²) in [6.45, 7) is 10.7. The van der Waals surface area contributed by atoms with Crippen LogP contribution < -0.4 is 5.56 Å². The number of aromatic nitrogens is 5. The van der Waals surface area contributed by atoms with Gasteiger partial charge >= 0.3 is 0 Å². The van der Waals surface area contributed by atoms with Crippen molar-refractivity contribution in [3.05, 3.63) is 51.1 Å². The molecule has 0 radical (unpaired) electrons. The molecule has 2 aliphatic rings. The highest BCUT2D eigenvalue weighted by atomic mass is 16.5. The number of hydrogen-bond donors (Lipinski definition) is 1. The molecule has 1 aliphatic carbocycles. The summed E-state index contributed by atoms with van der Waals surface area (Å²) in [5.74, 6) is 1.18. The highest BCUT2D eigenvalue weighted by Crippen LogP contribution is 2.34. The van der Waals surface area contributed by atoms with Crippen LogP contribution in [0.25, 0.3) is 10.9 Å². The van der Waals surface area contributed by atoms with E-state index in [4.69, 9.17) is 4.74 Å². The van der Waals surface area contributed by atoms with Gasteiger partial charge in [-0.2, -0.15) is 0 Å². The van der Waals surface area contributed by atoms with Gasteiger partial charge in [-0.1, -0.05) is 45.2 Å². The molecule has 1 saturated carbocycles. The fraction of sp³-hybridized carbons (Fsp3) is 0.643. The molecule has 36 heavy (non-hydrogen) atoms. The van der Waals surface area contributed by atoms with Crippen molar-refractivity contribution in [3.63, 3.8) is 0 Å². The van der Waals surface area contributed by atoms with Crippen LogP contribution in [0.4, 0.5) is 0 Å². The number of nitrogens with zero attached hydrogens (tertiary/aromatic N) is 5. The van der Waals surface area contributed by atoms with Gasteiger partial charge in [0.2, 0.25) is 0 Å². The molecule has 1 aliphatic heterocycles. The van der Waals surface area contributed by atoms with Gasteiger partial charge in [-0.3, -0.25) is 9.69 Å². The zero-order valence-electron chi connectivity index (χ0n) is 22.2. The number of benzene rings is 1. The molecule has 1 N–H and O–H groups in total. The third kappa shape index (κ3) is 5.11. The molecule has 8 heteroatoms. The molecule has 5 rings (SSSR count). The summed E-state index contributed by atoms with van der Waals surface area (Å²) < 4.78 is 8.14. The fourth-order valence-corrected chi connectivity index (χ4v) is 6.10. The molecule has 2 atom stereocenters. The standard InChI is InChI=1S/C28H40N6O2/c1-18(2)26(27-30-31-32-34(27)23-9-6-5-7-10-23)33(17-24-11-8-14-36-24)16-22-15-21-13-12-19(3)20(4)25(21)29-28(22)35/h12-13,15,18,23-24,26H,5-11,14,16-17H2,1-4H3,(H,29,35)/t24-,26+/m1/s1. The largest absolute Gasteiger partial charge is 0.377 e. The lowest BCUT2D eigenvalue weighted by Gasteiger charge is -2.36. The molecule has 0 spiro atoms. The number of aryl methyl sites for hydroxylation is 2. The number of hydrogen-bond acceptors (Lipinski definition) is 6. The van der Waals surface area contributed by atoms with Gasteiger partial charge in [0.15, 0.2) is 5.82 Å². The van der Waals surface area contributed by atoms with Crippen LogP contribution in [0, 0.1) is 19.8 Å². The quantitative estimate of drug-likeness (QED) is 0.475. The number of nitrogens with one attached hydrogen (secondary N) is 1. The lowest BCUT2D eigenvalue weighted by Crippen LogP contribution is -2.40. The van der Waals surface area contributed by atoms with Gasteiger partial charge in [-0.15, -0.1) is 5.10 Å². The monoisotopic (exact) mass is 492 g/mol. The normalized spacial score (nSPS) is 20.1. The molecule has 1 saturated heterocycles. The second-order valence-electron chi connectivity index (χ2n) is 11.1. The number of fused-ring (bicyclic) bond motifs is 1. The van der Waals surface area contributed by atoms with Crippen molar-refractivity contribution in [2.75, 3.05) is 13.2 Å². The predicted octanol–water partition coefficient (Wildman–Crippen LogP) is 5.01. The lowest BCUT2D eigenvalue weighted by atomic mass is 9.94. The molecule has 3 aromatic rings.